The lowest BCUT2D eigenvalue weighted by atomic mass is 9.88. The molecule has 0 saturated heterocycles. The molecule has 1 aromatic heterocycles. The Morgan fingerprint density at radius 2 is 2.28 bits per heavy atom. The number of nitrogens with zero attached hydrogens (tertiary/aromatic N) is 2. The van der Waals surface area contributed by atoms with Gasteiger partial charge in [-0.3, -0.25) is 0 Å². The van der Waals surface area contributed by atoms with Gasteiger partial charge in [0, 0.05) is 25.4 Å². The van der Waals surface area contributed by atoms with Crippen LogP contribution in [0.3, 0.4) is 0 Å². The largest absolute Gasteiger partial charge is 0.392 e. The molecule has 2 aliphatic rings. The zero-order valence-electron chi connectivity index (χ0n) is 11.0. The van der Waals surface area contributed by atoms with Crippen LogP contribution in [0.25, 0.3) is 0 Å². The van der Waals surface area contributed by atoms with E-state index < -0.39 is 0 Å². The predicted octanol–water partition coefficient (Wildman–Crippen LogP) is 2.45. The maximum atomic E-state index is 9.37. The van der Waals surface area contributed by atoms with Gasteiger partial charge in [-0.25, -0.2) is 4.98 Å². The number of pyridine rings is 1. The Balaban J connectivity index is 1.69. The van der Waals surface area contributed by atoms with Crippen LogP contribution < -0.4 is 4.90 Å². The summed E-state index contributed by atoms with van der Waals surface area (Å²) in [6.07, 6.45) is 7.55. The summed E-state index contributed by atoms with van der Waals surface area (Å²) in [6.45, 7) is 1.16. The minimum atomic E-state index is 0.0736. The maximum Gasteiger partial charge on any atom is 0.133 e. The summed E-state index contributed by atoms with van der Waals surface area (Å²) in [7, 11) is 2.10. The third-order valence-corrected chi connectivity index (χ3v) is 4.79. The van der Waals surface area contributed by atoms with E-state index in [1.54, 1.807) is 0 Å². The van der Waals surface area contributed by atoms with Crippen molar-refractivity contribution in [2.75, 3.05) is 18.5 Å². The van der Waals surface area contributed by atoms with E-state index in [1.807, 2.05) is 18.3 Å². The van der Waals surface area contributed by atoms with Gasteiger partial charge < -0.3 is 10.0 Å². The minimum absolute atomic E-state index is 0.0736. The number of aromatic nitrogens is 1. The molecular weight excluding hydrogens is 224 g/mol. The molecule has 2 bridgehead atoms. The molecule has 0 spiro atoms. The first-order valence-corrected chi connectivity index (χ1v) is 7.04. The molecule has 3 nitrogen and oxygen atoms in total. The fourth-order valence-corrected chi connectivity index (χ4v) is 3.94. The second-order valence-electron chi connectivity index (χ2n) is 5.96. The Labute approximate surface area is 109 Å². The molecular formula is C15H22N2O. The van der Waals surface area contributed by atoms with Crippen LogP contribution in [0.2, 0.25) is 0 Å². The molecule has 0 aliphatic heterocycles. The van der Waals surface area contributed by atoms with Crippen molar-refractivity contribution in [2.45, 2.75) is 32.3 Å². The highest BCUT2D eigenvalue weighted by molar-refractivity contribution is 5.45. The summed E-state index contributed by atoms with van der Waals surface area (Å²) < 4.78 is 0. The summed E-state index contributed by atoms with van der Waals surface area (Å²) in [5.74, 6) is 3.72. The highest BCUT2D eigenvalue weighted by Crippen LogP contribution is 2.48. The van der Waals surface area contributed by atoms with Crippen molar-refractivity contribution < 1.29 is 5.11 Å². The average molecular weight is 246 g/mol. The fourth-order valence-electron chi connectivity index (χ4n) is 3.94. The van der Waals surface area contributed by atoms with E-state index in [2.05, 4.69) is 16.9 Å². The van der Waals surface area contributed by atoms with E-state index in [9.17, 15) is 5.11 Å². The molecule has 1 heterocycles. The van der Waals surface area contributed by atoms with E-state index in [4.69, 9.17) is 0 Å². The lowest BCUT2D eigenvalue weighted by Gasteiger charge is -2.28. The lowest BCUT2D eigenvalue weighted by molar-refractivity contribution is 0.281. The van der Waals surface area contributed by atoms with Gasteiger partial charge in [-0.05, 0) is 43.1 Å². The van der Waals surface area contributed by atoms with E-state index in [0.29, 0.717) is 0 Å². The van der Waals surface area contributed by atoms with Gasteiger partial charge in [-0.15, -0.1) is 0 Å². The molecule has 2 aliphatic carbocycles. The van der Waals surface area contributed by atoms with Crippen molar-refractivity contribution in [2.24, 2.45) is 17.8 Å². The van der Waals surface area contributed by atoms with E-state index in [0.717, 1.165) is 35.7 Å². The Morgan fingerprint density at radius 1 is 1.39 bits per heavy atom. The zero-order chi connectivity index (χ0) is 12.5. The average Bonchev–Trinajstić information content (AvgIpc) is 3.01. The number of hydrogen-bond donors (Lipinski definition) is 1. The Bertz CT molecular complexity index is 421. The summed E-state index contributed by atoms with van der Waals surface area (Å²) in [5, 5.41) is 9.37. The third-order valence-electron chi connectivity index (χ3n) is 4.79. The molecule has 98 valence electrons. The van der Waals surface area contributed by atoms with Crippen LogP contribution in [0.1, 0.15) is 31.2 Å². The van der Waals surface area contributed by atoms with Gasteiger partial charge in [0.2, 0.25) is 0 Å². The Morgan fingerprint density at radius 3 is 2.94 bits per heavy atom. The first-order chi connectivity index (χ1) is 8.78. The van der Waals surface area contributed by atoms with Gasteiger partial charge in [-0.2, -0.15) is 0 Å². The van der Waals surface area contributed by atoms with Crippen molar-refractivity contribution in [3.63, 3.8) is 0 Å². The van der Waals surface area contributed by atoms with Crippen LogP contribution in [-0.2, 0) is 6.61 Å². The van der Waals surface area contributed by atoms with Crippen LogP contribution in [-0.4, -0.2) is 23.7 Å². The van der Waals surface area contributed by atoms with Crippen molar-refractivity contribution in [1.82, 2.24) is 4.98 Å². The highest BCUT2D eigenvalue weighted by atomic mass is 16.3. The van der Waals surface area contributed by atoms with Gasteiger partial charge in [-0.1, -0.05) is 12.5 Å². The number of rotatable bonds is 4. The molecule has 3 unspecified atom stereocenters. The highest BCUT2D eigenvalue weighted by Gasteiger charge is 2.39. The van der Waals surface area contributed by atoms with Crippen molar-refractivity contribution >= 4 is 5.82 Å². The first kappa shape index (κ1) is 12.0. The number of aliphatic hydroxyl groups is 1. The van der Waals surface area contributed by atoms with Gasteiger partial charge in [0.05, 0.1) is 6.61 Å². The third kappa shape index (κ3) is 2.12. The van der Waals surface area contributed by atoms with Crippen LogP contribution in [0.15, 0.2) is 18.3 Å². The monoisotopic (exact) mass is 246 g/mol. The molecule has 18 heavy (non-hydrogen) atoms. The Kier molecular flexibility index (Phi) is 3.25. The summed E-state index contributed by atoms with van der Waals surface area (Å²) in [5.41, 5.74) is 0.933. The van der Waals surface area contributed by atoms with Crippen molar-refractivity contribution in [3.05, 3.63) is 23.9 Å². The number of fused-ring (bicyclic) bond motifs is 2. The second-order valence-corrected chi connectivity index (χ2v) is 5.96. The Hall–Kier alpha value is -1.09. The van der Waals surface area contributed by atoms with E-state index in [-0.39, 0.29) is 6.61 Å². The van der Waals surface area contributed by atoms with Gasteiger partial charge in [0.25, 0.3) is 0 Å². The molecule has 2 fully saturated rings. The second kappa shape index (κ2) is 4.88. The number of aliphatic hydroxyl groups excluding tert-OH is 1. The molecule has 0 radical (unpaired) electrons. The number of hydrogen-bond acceptors (Lipinski definition) is 3. The van der Waals surface area contributed by atoms with Crippen molar-refractivity contribution in [1.29, 1.82) is 0 Å². The molecule has 3 rings (SSSR count). The molecule has 0 amide bonds. The van der Waals surface area contributed by atoms with Crippen molar-refractivity contribution in [3.8, 4) is 0 Å². The topological polar surface area (TPSA) is 36.4 Å². The smallest absolute Gasteiger partial charge is 0.133 e. The summed E-state index contributed by atoms with van der Waals surface area (Å²) in [6, 6.07) is 3.85. The van der Waals surface area contributed by atoms with Crippen LogP contribution in [0, 0.1) is 17.8 Å². The normalized spacial score (nSPS) is 29.8. The predicted molar refractivity (Wildman–Crippen MR) is 72.4 cm³/mol. The van der Waals surface area contributed by atoms with Crippen LogP contribution in [0.5, 0.6) is 0 Å². The molecule has 3 atom stereocenters. The SMILES string of the molecule is CN(CC1CC2CCC1C2)c1ncccc1CO. The molecule has 1 N–H and O–H groups in total. The standard InChI is InChI=1S/C15H22N2O/c1-17(15-13(10-18)3-2-6-16-15)9-14-8-11-4-5-12(14)7-11/h2-3,6,11-12,14,18H,4-5,7-10H2,1H3. The van der Waals surface area contributed by atoms with E-state index in [1.165, 1.54) is 25.7 Å². The van der Waals surface area contributed by atoms with Gasteiger partial charge in [0.15, 0.2) is 0 Å². The van der Waals surface area contributed by atoms with E-state index >= 15 is 0 Å². The molecule has 1 aromatic rings. The molecule has 2 saturated carbocycles. The molecule has 3 heteroatoms. The summed E-state index contributed by atoms with van der Waals surface area (Å²) in [4.78, 5) is 6.65. The maximum absolute atomic E-state index is 9.37. The van der Waals surface area contributed by atoms with Gasteiger partial charge >= 0.3 is 0 Å². The fraction of sp³-hybridized carbons (Fsp3) is 0.667. The quantitative estimate of drug-likeness (QED) is 0.886. The zero-order valence-corrected chi connectivity index (χ0v) is 11.0. The lowest BCUT2D eigenvalue weighted by Crippen LogP contribution is -2.29. The molecule has 0 aromatic carbocycles. The minimum Gasteiger partial charge on any atom is -0.392 e. The van der Waals surface area contributed by atoms with Gasteiger partial charge in [0.1, 0.15) is 5.82 Å². The van der Waals surface area contributed by atoms with Crippen LogP contribution in [0.4, 0.5) is 5.82 Å². The van der Waals surface area contributed by atoms with Crippen LogP contribution >= 0.6 is 0 Å². The first-order valence-electron chi connectivity index (χ1n) is 7.04. The number of anilines is 1. The summed E-state index contributed by atoms with van der Waals surface area (Å²) >= 11 is 0.